The molecule has 1 aromatic rings. The lowest BCUT2D eigenvalue weighted by Crippen LogP contribution is -2.55. The zero-order chi connectivity index (χ0) is 19.3. The Balaban J connectivity index is 2.22. The molecule has 0 saturated carbocycles. The van der Waals surface area contributed by atoms with Gasteiger partial charge in [0.25, 0.3) is 5.91 Å². The fourth-order valence-corrected chi connectivity index (χ4v) is 4.39. The van der Waals surface area contributed by atoms with E-state index in [9.17, 15) is 19.8 Å². The van der Waals surface area contributed by atoms with Crippen LogP contribution in [0.25, 0.3) is 0 Å². The molecule has 1 aliphatic rings. The average molecular weight is 397 g/mol. The van der Waals surface area contributed by atoms with Crippen LogP contribution in [0.1, 0.15) is 29.7 Å². The third kappa shape index (κ3) is 5.03. The second kappa shape index (κ2) is 9.45. The smallest absolute Gasteiger partial charge is 0.252 e. The number of aryl methyl sites for hydroxylation is 1. The summed E-state index contributed by atoms with van der Waals surface area (Å²) < 4.78 is 0.441. The number of thioether (sulfide) groups is 1. The highest BCUT2D eigenvalue weighted by Gasteiger charge is 2.41. The molecule has 1 heterocycles. The number of hydrogen-bond acceptors (Lipinski definition) is 6. The van der Waals surface area contributed by atoms with Crippen LogP contribution < -0.4 is 5.32 Å². The summed E-state index contributed by atoms with van der Waals surface area (Å²) in [7, 11) is 0. The number of amides is 2. The molecule has 26 heavy (non-hydrogen) atoms. The van der Waals surface area contributed by atoms with Crippen molar-refractivity contribution in [2.24, 2.45) is 5.92 Å². The van der Waals surface area contributed by atoms with E-state index in [1.54, 1.807) is 0 Å². The van der Waals surface area contributed by atoms with E-state index in [-0.39, 0.29) is 36.2 Å². The van der Waals surface area contributed by atoms with Gasteiger partial charge in [-0.25, -0.2) is 0 Å². The molecule has 6 nitrogen and oxygen atoms in total. The number of nitrogens with zero attached hydrogens (tertiary/aromatic N) is 1. The van der Waals surface area contributed by atoms with Crippen molar-refractivity contribution in [1.29, 1.82) is 0 Å². The summed E-state index contributed by atoms with van der Waals surface area (Å²) in [4.78, 5) is 26.1. The van der Waals surface area contributed by atoms with Crippen LogP contribution in [0.4, 0.5) is 0 Å². The quantitative estimate of drug-likeness (QED) is 0.604. The van der Waals surface area contributed by atoms with Crippen molar-refractivity contribution >= 4 is 40.1 Å². The summed E-state index contributed by atoms with van der Waals surface area (Å²) in [5, 5.41) is 20.9. The first-order chi connectivity index (χ1) is 12.4. The molecule has 0 aliphatic carbocycles. The highest BCUT2D eigenvalue weighted by Crippen LogP contribution is 2.39. The lowest BCUT2D eigenvalue weighted by molar-refractivity contribution is -0.133. The number of carbonyl (C=O) groups is 2. The molecule has 142 valence electrons. The zero-order valence-corrected chi connectivity index (χ0v) is 16.5. The largest absolute Gasteiger partial charge is 0.396 e. The third-order valence-electron chi connectivity index (χ3n) is 4.33. The number of rotatable bonds is 7. The topological polar surface area (TPSA) is 89.9 Å². The maximum Gasteiger partial charge on any atom is 0.252 e. The Morgan fingerprint density at radius 1 is 1.31 bits per heavy atom. The maximum atomic E-state index is 13.0. The Labute approximate surface area is 163 Å². The molecule has 1 fully saturated rings. The first-order valence-corrected chi connectivity index (χ1v) is 9.73. The van der Waals surface area contributed by atoms with Gasteiger partial charge in [0.05, 0.1) is 5.25 Å². The Hall–Kier alpha value is -1.48. The van der Waals surface area contributed by atoms with Crippen LogP contribution in [0.3, 0.4) is 0 Å². The predicted octanol–water partition coefficient (Wildman–Crippen LogP) is 1.39. The molecule has 0 aromatic heterocycles. The second-order valence-corrected chi connectivity index (χ2v) is 8.18. The zero-order valence-electron chi connectivity index (χ0n) is 14.8. The van der Waals surface area contributed by atoms with E-state index in [1.165, 1.54) is 23.6 Å². The monoisotopic (exact) mass is 396 g/mol. The molecule has 2 rings (SSSR count). The number of benzene rings is 1. The van der Waals surface area contributed by atoms with Crippen LogP contribution in [0.15, 0.2) is 24.3 Å². The minimum Gasteiger partial charge on any atom is -0.396 e. The summed E-state index contributed by atoms with van der Waals surface area (Å²) in [6.07, 6.45) is 0.432. The number of hydrogen-bond donors (Lipinski definition) is 3. The number of nitrogens with one attached hydrogen (secondary N) is 1. The van der Waals surface area contributed by atoms with Gasteiger partial charge < -0.3 is 15.5 Å². The van der Waals surface area contributed by atoms with Crippen molar-refractivity contribution in [2.45, 2.75) is 31.6 Å². The van der Waals surface area contributed by atoms with Crippen LogP contribution in [0, 0.1) is 12.8 Å². The summed E-state index contributed by atoms with van der Waals surface area (Å²) in [6, 6.07) is 7.11. The predicted molar refractivity (Wildman–Crippen MR) is 106 cm³/mol. The molecule has 3 N–H and O–H groups in total. The van der Waals surface area contributed by atoms with Crippen molar-refractivity contribution in [3.8, 4) is 0 Å². The lowest BCUT2D eigenvalue weighted by atomic mass is 10.0. The van der Waals surface area contributed by atoms with Gasteiger partial charge in [-0.05, 0) is 18.9 Å². The first-order valence-electron chi connectivity index (χ1n) is 8.44. The van der Waals surface area contributed by atoms with Gasteiger partial charge in [0.15, 0.2) is 0 Å². The van der Waals surface area contributed by atoms with Gasteiger partial charge in [-0.1, -0.05) is 53.8 Å². The van der Waals surface area contributed by atoms with Gasteiger partial charge in [0.2, 0.25) is 5.91 Å². The maximum absolute atomic E-state index is 13.0. The first kappa shape index (κ1) is 20.8. The van der Waals surface area contributed by atoms with Gasteiger partial charge in [-0.3, -0.25) is 14.5 Å². The molecular weight excluding hydrogens is 372 g/mol. The molecule has 0 bridgehead atoms. The normalized spacial score (nSPS) is 20.6. The molecule has 1 aromatic carbocycles. The van der Waals surface area contributed by atoms with Crippen LogP contribution in [0.5, 0.6) is 0 Å². The van der Waals surface area contributed by atoms with Gasteiger partial charge in [0.1, 0.15) is 10.4 Å². The van der Waals surface area contributed by atoms with Gasteiger partial charge in [0, 0.05) is 32.6 Å². The molecule has 0 unspecified atom stereocenters. The molecule has 8 heteroatoms. The lowest BCUT2D eigenvalue weighted by Gasteiger charge is -2.38. The van der Waals surface area contributed by atoms with Gasteiger partial charge in [-0.2, -0.15) is 0 Å². The SMILES string of the molecule is CC(=O)N[C@@H]1C(=O)N(CCC(CO)CO)C(=S)S[C@H]1c1ccc(C)cc1. The van der Waals surface area contributed by atoms with Gasteiger partial charge >= 0.3 is 0 Å². The summed E-state index contributed by atoms with van der Waals surface area (Å²) in [6.45, 7) is 3.36. The Morgan fingerprint density at radius 3 is 2.46 bits per heavy atom. The molecule has 1 saturated heterocycles. The van der Waals surface area contributed by atoms with E-state index in [0.29, 0.717) is 17.3 Å². The summed E-state index contributed by atoms with van der Waals surface area (Å²) in [5.74, 6) is -0.841. The van der Waals surface area contributed by atoms with Crippen molar-refractivity contribution in [2.75, 3.05) is 19.8 Å². The van der Waals surface area contributed by atoms with Crippen molar-refractivity contribution < 1.29 is 19.8 Å². The number of aliphatic hydroxyl groups excluding tert-OH is 2. The number of carbonyl (C=O) groups excluding carboxylic acids is 2. The van der Waals surface area contributed by atoms with Crippen LogP contribution >= 0.6 is 24.0 Å². The fraction of sp³-hybridized carbons (Fsp3) is 0.500. The molecule has 0 spiro atoms. The highest BCUT2D eigenvalue weighted by atomic mass is 32.2. The fourth-order valence-electron chi connectivity index (χ4n) is 2.75. The summed E-state index contributed by atoms with van der Waals surface area (Å²) in [5.41, 5.74) is 2.04. The molecule has 2 amide bonds. The molecule has 1 aliphatic heterocycles. The van der Waals surface area contributed by atoms with E-state index in [0.717, 1.165) is 11.1 Å². The second-order valence-electron chi connectivity index (χ2n) is 6.40. The minimum absolute atomic E-state index is 0.153. The van der Waals surface area contributed by atoms with E-state index in [2.05, 4.69) is 5.32 Å². The van der Waals surface area contributed by atoms with E-state index >= 15 is 0 Å². The van der Waals surface area contributed by atoms with E-state index in [4.69, 9.17) is 12.2 Å². The third-order valence-corrected chi connectivity index (χ3v) is 6.05. The van der Waals surface area contributed by atoms with Crippen molar-refractivity contribution in [3.05, 3.63) is 35.4 Å². The molecule has 2 atom stereocenters. The van der Waals surface area contributed by atoms with Crippen LogP contribution in [0.2, 0.25) is 0 Å². The summed E-state index contributed by atoms with van der Waals surface area (Å²) >= 11 is 6.80. The molecular formula is C18H24N2O4S2. The van der Waals surface area contributed by atoms with Crippen LogP contribution in [-0.4, -0.2) is 57.0 Å². The van der Waals surface area contributed by atoms with Crippen LogP contribution in [-0.2, 0) is 9.59 Å². The Morgan fingerprint density at radius 2 is 1.92 bits per heavy atom. The van der Waals surface area contributed by atoms with Gasteiger partial charge in [-0.15, -0.1) is 0 Å². The standard InChI is InChI=1S/C18H24N2O4S2/c1-11-3-5-14(6-4-11)16-15(19-12(2)23)17(24)20(18(25)26-16)8-7-13(9-21)10-22/h3-6,13,15-16,21-22H,7-10H2,1-2H3,(H,19,23)/t15-,16-/m0/s1. The van der Waals surface area contributed by atoms with E-state index < -0.39 is 6.04 Å². The Kier molecular flexibility index (Phi) is 7.57. The average Bonchev–Trinajstić information content (AvgIpc) is 2.61. The molecule has 0 radical (unpaired) electrons. The number of aliphatic hydroxyl groups is 2. The minimum atomic E-state index is -0.714. The Bertz CT molecular complexity index is 662. The highest BCUT2D eigenvalue weighted by molar-refractivity contribution is 8.23. The number of thiocarbonyl (C=S) groups is 1. The van der Waals surface area contributed by atoms with Crippen molar-refractivity contribution in [3.63, 3.8) is 0 Å². The van der Waals surface area contributed by atoms with E-state index in [1.807, 2.05) is 31.2 Å². The van der Waals surface area contributed by atoms with Crippen molar-refractivity contribution in [1.82, 2.24) is 10.2 Å².